The summed E-state index contributed by atoms with van der Waals surface area (Å²) < 4.78 is 10.3. The van der Waals surface area contributed by atoms with Crippen molar-refractivity contribution in [2.24, 2.45) is 0 Å². The molecule has 1 aromatic carbocycles. The molecule has 0 saturated heterocycles. The van der Waals surface area contributed by atoms with Crippen LogP contribution in [0.2, 0.25) is 0 Å². The number of benzene rings is 1. The van der Waals surface area contributed by atoms with Gasteiger partial charge in [0.05, 0.1) is 11.8 Å². The zero-order valence-electron chi connectivity index (χ0n) is 8.77. The highest BCUT2D eigenvalue weighted by molar-refractivity contribution is 7.99. The van der Waals surface area contributed by atoms with Crippen molar-refractivity contribution in [3.05, 3.63) is 29.8 Å². The molecule has 0 fully saturated rings. The van der Waals surface area contributed by atoms with Crippen molar-refractivity contribution in [3.8, 4) is 6.07 Å². The summed E-state index contributed by atoms with van der Waals surface area (Å²) in [5, 5.41) is 8.44. The molecule has 80 valence electrons. The third kappa shape index (κ3) is 3.56. The van der Waals surface area contributed by atoms with Gasteiger partial charge in [-0.3, -0.25) is 0 Å². The van der Waals surface area contributed by atoms with E-state index in [9.17, 15) is 0 Å². The molecule has 15 heavy (non-hydrogen) atoms. The fraction of sp³-hybridized carbons (Fsp3) is 0.364. The molecular weight excluding hydrogens is 210 g/mol. The van der Waals surface area contributed by atoms with Crippen molar-refractivity contribution in [3.63, 3.8) is 0 Å². The van der Waals surface area contributed by atoms with Crippen LogP contribution in [0.4, 0.5) is 0 Å². The predicted molar refractivity (Wildman–Crippen MR) is 59.5 cm³/mol. The van der Waals surface area contributed by atoms with Crippen LogP contribution in [0.25, 0.3) is 0 Å². The Labute approximate surface area is 94.0 Å². The highest BCUT2D eigenvalue weighted by atomic mass is 32.2. The molecule has 1 rings (SSSR count). The second-order valence-electron chi connectivity index (χ2n) is 2.82. The van der Waals surface area contributed by atoms with Crippen LogP contribution in [0.3, 0.4) is 0 Å². The number of hydrogen-bond donors (Lipinski definition) is 0. The van der Waals surface area contributed by atoms with E-state index in [1.807, 2.05) is 24.3 Å². The minimum atomic E-state index is -0.319. The Kier molecular flexibility index (Phi) is 5.19. The van der Waals surface area contributed by atoms with Gasteiger partial charge in [-0.1, -0.05) is 12.1 Å². The topological polar surface area (TPSA) is 42.2 Å². The van der Waals surface area contributed by atoms with Gasteiger partial charge < -0.3 is 9.47 Å². The Bertz CT molecular complexity index is 327. The van der Waals surface area contributed by atoms with Gasteiger partial charge >= 0.3 is 0 Å². The number of nitriles is 1. The van der Waals surface area contributed by atoms with Crippen LogP contribution >= 0.6 is 11.8 Å². The van der Waals surface area contributed by atoms with Gasteiger partial charge in [-0.2, -0.15) is 5.26 Å². The largest absolute Gasteiger partial charge is 0.352 e. The quantitative estimate of drug-likeness (QED) is 0.568. The first-order valence-corrected chi connectivity index (χ1v) is 5.45. The summed E-state index contributed by atoms with van der Waals surface area (Å²) in [6, 6.07) is 9.89. The standard InChI is InChI=1S/C11H13NO2S/c1-13-11(14-2)9-3-5-10(6-4-9)15-8-7-12/h3-6,11H,8H2,1-2H3. The van der Waals surface area contributed by atoms with Gasteiger partial charge in [-0.25, -0.2) is 0 Å². The molecule has 0 radical (unpaired) electrons. The Morgan fingerprint density at radius 2 is 1.87 bits per heavy atom. The molecular formula is C11H13NO2S. The Morgan fingerprint density at radius 3 is 2.33 bits per heavy atom. The van der Waals surface area contributed by atoms with E-state index in [2.05, 4.69) is 6.07 Å². The van der Waals surface area contributed by atoms with Crippen molar-refractivity contribution in [2.45, 2.75) is 11.2 Å². The van der Waals surface area contributed by atoms with Crippen LogP contribution < -0.4 is 0 Å². The number of hydrogen-bond acceptors (Lipinski definition) is 4. The molecule has 4 heteroatoms. The Morgan fingerprint density at radius 1 is 1.27 bits per heavy atom. The highest BCUT2D eigenvalue weighted by Crippen LogP contribution is 2.22. The van der Waals surface area contributed by atoms with Crippen LogP contribution in [0.5, 0.6) is 0 Å². The summed E-state index contributed by atoms with van der Waals surface area (Å²) in [7, 11) is 3.21. The van der Waals surface area contributed by atoms with Crippen molar-refractivity contribution in [1.82, 2.24) is 0 Å². The van der Waals surface area contributed by atoms with E-state index >= 15 is 0 Å². The fourth-order valence-electron chi connectivity index (χ4n) is 1.21. The summed E-state index contributed by atoms with van der Waals surface area (Å²) in [5.41, 5.74) is 0.973. The van der Waals surface area contributed by atoms with Gasteiger partial charge in [0, 0.05) is 24.7 Å². The maximum absolute atomic E-state index is 8.44. The SMILES string of the molecule is COC(OC)c1ccc(SCC#N)cc1. The smallest absolute Gasteiger partial charge is 0.183 e. The Balaban J connectivity index is 2.67. The maximum atomic E-state index is 8.44. The molecule has 0 bridgehead atoms. The van der Waals surface area contributed by atoms with Crippen LogP contribution in [-0.2, 0) is 9.47 Å². The molecule has 3 nitrogen and oxygen atoms in total. The number of ether oxygens (including phenoxy) is 2. The monoisotopic (exact) mass is 223 g/mol. The second-order valence-corrected chi connectivity index (χ2v) is 3.87. The van der Waals surface area contributed by atoms with Gasteiger partial charge in [0.2, 0.25) is 0 Å². The molecule has 0 unspecified atom stereocenters. The van der Waals surface area contributed by atoms with Gasteiger partial charge in [0.25, 0.3) is 0 Å². The van der Waals surface area contributed by atoms with Crippen LogP contribution in [0.15, 0.2) is 29.2 Å². The molecule has 0 spiro atoms. The summed E-state index contributed by atoms with van der Waals surface area (Å²) >= 11 is 1.51. The van der Waals surface area contributed by atoms with Crippen molar-refractivity contribution >= 4 is 11.8 Å². The number of methoxy groups -OCH3 is 2. The summed E-state index contributed by atoms with van der Waals surface area (Å²) in [4.78, 5) is 1.08. The van der Waals surface area contributed by atoms with E-state index < -0.39 is 0 Å². The molecule has 0 amide bonds. The molecule has 0 atom stereocenters. The molecule has 0 N–H and O–H groups in total. The minimum Gasteiger partial charge on any atom is -0.352 e. The van der Waals surface area contributed by atoms with Crippen LogP contribution in [0, 0.1) is 11.3 Å². The highest BCUT2D eigenvalue weighted by Gasteiger charge is 2.07. The van der Waals surface area contributed by atoms with Crippen LogP contribution in [0.1, 0.15) is 11.9 Å². The first-order chi connectivity index (χ1) is 7.31. The molecule has 0 saturated carbocycles. The van der Waals surface area contributed by atoms with Gasteiger partial charge in [-0.15, -0.1) is 11.8 Å². The first-order valence-electron chi connectivity index (χ1n) is 4.47. The third-order valence-electron chi connectivity index (χ3n) is 1.88. The van der Waals surface area contributed by atoms with E-state index in [1.165, 1.54) is 11.8 Å². The van der Waals surface area contributed by atoms with Gasteiger partial charge in [-0.05, 0) is 12.1 Å². The minimum absolute atomic E-state index is 0.319. The van der Waals surface area contributed by atoms with E-state index in [-0.39, 0.29) is 6.29 Å². The Hall–Kier alpha value is -1.02. The summed E-state index contributed by atoms with van der Waals surface area (Å²) in [6.07, 6.45) is -0.319. The summed E-state index contributed by atoms with van der Waals surface area (Å²) in [6.45, 7) is 0. The number of rotatable bonds is 5. The van der Waals surface area contributed by atoms with Gasteiger partial charge in [0.1, 0.15) is 0 Å². The lowest BCUT2D eigenvalue weighted by Gasteiger charge is -2.13. The van der Waals surface area contributed by atoms with Crippen molar-refractivity contribution < 1.29 is 9.47 Å². The maximum Gasteiger partial charge on any atom is 0.183 e. The molecule has 0 aliphatic rings. The summed E-state index contributed by atoms with van der Waals surface area (Å²) in [5.74, 6) is 0.470. The van der Waals surface area contributed by atoms with Gasteiger partial charge in [0.15, 0.2) is 6.29 Å². The predicted octanol–water partition coefficient (Wildman–Crippen LogP) is 2.59. The van der Waals surface area contributed by atoms with E-state index in [0.29, 0.717) is 5.75 Å². The lowest BCUT2D eigenvalue weighted by Crippen LogP contribution is -2.02. The average Bonchev–Trinajstić information content (AvgIpc) is 2.29. The molecule has 0 heterocycles. The fourth-order valence-corrected chi connectivity index (χ4v) is 1.76. The average molecular weight is 223 g/mol. The zero-order valence-corrected chi connectivity index (χ0v) is 9.58. The van der Waals surface area contributed by atoms with E-state index in [4.69, 9.17) is 14.7 Å². The van der Waals surface area contributed by atoms with Crippen LogP contribution in [-0.4, -0.2) is 20.0 Å². The van der Waals surface area contributed by atoms with Crippen molar-refractivity contribution in [2.75, 3.05) is 20.0 Å². The lowest BCUT2D eigenvalue weighted by molar-refractivity contribution is -0.106. The van der Waals surface area contributed by atoms with E-state index in [1.54, 1.807) is 14.2 Å². The second kappa shape index (κ2) is 6.46. The zero-order chi connectivity index (χ0) is 11.1. The first kappa shape index (κ1) is 12.1. The molecule has 0 aliphatic heterocycles. The normalized spacial score (nSPS) is 10.3. The molecule has 0 aliphatic carbocycles. The molecule has 0 aromatic heterocycles. The number of nitrogens with zero attached hydrogens (tertiary/aromatic N) is 1. The van der Waals surface area contributed by atoms with Crippen molar-refractivity contribution in [1.29, 1.82) is 5.26 Å². The van der Waals surface area contributed by atoms with E-state index in [0.717, 1.165) is 10.5 Å². The third-order valence-corrected chi connectivity index (χ3v) is 2.76. The number of thioether (sulfide) groups is 1. The molecule has 1 aromatic rings. The lowest BCUT2D eigenvalue weighted by atomic mass is 10.2.